The lowest BCUT2D eigenvalue weighted by molar-refractivity contribution is 1.17. The fourth-order valence-electron chi connectivity index (χ4n) is 7.80. The summed E-state index contributed by atoms with van der Waals surface area (Å²) in [5, 5.41) is 6.97. The van der Waals surface area contributed by atoms with Crippen LogP contribution in [0, 0.1) is 0 Å². The highest BCUT2D eigenvalue weighted by Crippen LogP contribution is 2.46. The Hall–Kier alpha value is -6.69. The van der Waals surface area contributed by atoms with Crippen molar-refractivity contribution in [2.75, 3.05) is 0 Å². The molecule has 0 fully saturated rings. The Morgan fingerprint density at radius 3 is 1.90 bits per heavy atom. The first-order chi connectivity index (χ1) is 25.8. The molecular weight excluding hydrogens is 653 g/mol. The van der Waals surface area contributed by atoms with E-state index in [4.69, 9.17) is 15.0 Å². The molecule has 0 aliphatic rings. The van der Waals surface area contributed by atoms with Crippen LogP contribution in [0.4, 0.5) is 0 Å². The van der Waals surface area contributed by atoms with E-state index in [1.807, 2.05) is 17.4 Å². The van der Waals surface area contributed by atoms with E-state index in [1.165, 1.54) is 31.1 Å². The summed E-state index contributed by atoms with van der Waals surface area (Å²) < 4.78 is 4.84. The topological polar surface area (TPSA) is 43.6 Å². The molecule has 242 valence electrons. The van der Waals surface area contributed by atoms with Crippen LogP contribution in [0.1, 0.15) is 0 Å². The molecule has 0 unspecified atom stereocenters. The number of pyridine rings is 1. The Morgan fingerprint density at radius 1 is 0.423 bits per heavy atom. The van der Waals surface area contributed by atoms with Crippen molar-refractivity contribution in [2.45, 2.75) is 0 Å². The van der Waals surface area contributed by atoms with Crippen molar-refractivity contribution in [1.82, 2.24) is 19.5 Å². The highest BCUT2D eigenvalue weighted by molar-refractivity contribution is 7.26. The van der Waals surface area contributed by atoms with Gasteiger partial charge in [-0.15, -0.1) is 11.3 Å². The van der Waals surface area contributed by atoms with Crippen LogP contribution in [0.5, 0.6) is 0 Å². The Labute approximate surface area is 302 Å². The molecule has 4 heterocycles. The molecule has 52 heavy (non-hydrogen) atoms. The molecule has 4 nitrogen and oxygen atoms in total. The minimum atomic E-state index is 0.699. The maximum Gasteiger partial charge on any atom is 0.160 e. The van der Waals surface area contributed by atoms with Gasteiger partial charge in [0.15, 0.2) is 5.82 Å². The van der Waals surface area contributed by atoms with Crippen LogP contribution in [0.3, 0.4) is 0 Å². The summed E-state index contributed by atoms with van der Waals surface area (Å²) in [6.45, 7) is 0. The van der Waals surface area contributed by atoms with Crippen molar-refractivity contribution in [3.05, 3.63) is 170 Å². The molecule has 4 aromatic heterocycles. The van der Waals surface area contributed by atoms with Crippen molar-refractivity contribution in [3.63, 3.8) is 0 Å². The highest BCUT2D eigenvalue weighted by Gasteiger charge is 2.23. The molecule has 0 aliphatic carbocycles. The first kappa shape index (κ1) is 29.1. The third-order valence-electron chi connectivity index (χ3n) is 10.2. The van der Waals surface area contributed by atoms with Crippen molar-refractivity contribution < 1.29 is 0 Å². The van der Waals surface area contributed by atoms with Gasteiger partial charge >= 0.3 is 0 Å². The first-order valence-electron chi connectivity index (χ1n) is 17.5. The van der Waals surface area contributed by atoms with Crippen molar-refractivity contribution in [1.29, 1.82) is 0 Å². The quantitative estimate of drug-likeness (QED) is 0.174. The number of hydrogen-bond acceptors (Lipinski definition) is 4. The summed E-state index contributed by atoms with van der Waals surface area (Å²) in [6, 6.07) is 59.8. The van der Waals surface area contributed by atoms with E-state index in [2.05, 4.69) is 168 Å². The molecule has 0 atom stereocenters. The molecule has 0 saturated heterocycles. The molecule has 0 spiro atoms. The van der Waals surface area contributed by atoms with Gasteiger partial charge in [0.2, 0.25) is 0 Å². The standard InChI is InChI=1S/C47H28N4S/c1-3-14-30(15-4-1)41-37-28-27-29-13-7-8-18-34(29)43(37)50-47(49-41)32-25-23-31(24-26-32)42-45-40(46-44(48-42)36-20-10-12-22-39(36)52-46)35-19-9-11-21-38(35)51(45)33-16-5-2-6-17-33/h1-28H. The lowest BCUT2D eigenvalue weighted by atomic mass is 10.0. The maximum absolute atomic E-state index is 5.53. The van der Waals surface area contributed by atoms with E-state index < -0.39 is 0 Å². The van der Waals surface area contributed by atoms with Gasteiger partial charge in [0.05, 0.1) is 38.2 Å². The second kappa shape index (κ2) is 11.4. The van der Waals surface area contributed by atoms with E-state index in [1.54, 1.807) is 0 Å². The van der Waals surface area contributed by atoms with Gasteiger partial charge in [-0.2, -0.15) is 0 Å². The highest BCUT2D eigenvalue weighted by atomic mass is 32.1. The van der Waals surface area contributed by atoms with Gasteiger partial charge in [-0.05, 0) is 35.7 Å². The predicted molar refractivity (Wildman–Crippen MR) is 218 cm³/mol. The summed E-state index contributed by atoms with van der Waals surface area (Å²) in [7, 11) is 0. The molecule has 0 saturated carbocycles. The number of fused-ring (bicyclic) bond motifs is 10. The minimum absolute atomic E-state index is 0.699. The zero-order valence-corrected chi connectivity index (χ0v) is 28.7. The number of nitrogens with zero attached hydrogens (tertiary/aromatic N) is 4. The molecule has 0 radical (unpaired) electrons. The largest absolute Gasteiger partial charge is 0.307 e. The lowest BCUT2D eigenvalue weighted by Crippen LogP contribution is -1.98. The second-order valence-electron chi connectivity index (χ2n) is 13.2. The number of rotatable bonds is 4. The summed E-state index contributed by atoms with van der Waals surface area (Å²) in [5.74, 6) is 0.699. The van der Waals surface area contributed by atoms with E-state index >= 15 is 0 Å². The van der Waals surface area contributed by atoms with Gasteiger partial charge in [0, 0.05) is 54.0 Å². The van der Waals surface area contributed by atoms with Gasteiger partial charge in [-0.1, -0.05) is 140 Å². The average molecular weight is 681 g/mol. The summed E-state index contributed by atoms with van der Waals surface area (Å²) in [6.07, 6.45) is 0. The first-order valence-corrected chi connectivity index (χ1v) is 18.3. The predicted octanol–water partition coefficient (Wildman–Crippen LogP) is 12.6. The summed E-state index contributed by atoms with van der Waals surface area (Å²) >= 11 is 1.83. The Bertz CT molecular complexity index is 3160. The number of hydrogen-bond donors (Lipinski definition) is 0. The zero-order chi connectivity index (χ0) is 34.2. The zero-order valence-electron chi connectivity index (χ0n) is 27.9. The third kappa shape index (κ3) is 4.36. The minimum Gasteiger partial charge on any atom is -0.307 e. The van der Waals surface area contributed by atoms with Crippen LogP contribution in [-0.4, -0.2) is 19.5 Å². The number of aromatic nitrogens is 4. The van der Waals surface area contributed by atoms with Gasteiger partial charge in [-0.3, -0.25) is 0 Å². The normalized spacial score (nSPS) is 11.8. The van der Waals surface area contributed by atoms with Gasteiger partial charge in [0.1, 0.15) is 0 Å². The molecule has 5 heteroatoms. The average Bonchev–Trinajstić information content (AvgIpc) is 3.77. The van der Waals surface area contributed by atoms with Crippen molar-refractivity contribution in [2.24, 2.45) is 0 Å². The molecular formula is C47H28N4S. The van der Waals surface area contributed by atoms with Crippen LogP contribution in [-0.2, 0) is 0 Å². The SMILES string of the molecule is c1ccc(-c2nc(-c3ccc(-c4nc5c6ccccc6sc5c5c6ccccc6n(-c6ccccc6)c45)cc3)nc3c2ccc2ccccc23)cc1. The van der Waals surface area contributed by atoms with Crippen LogP contribution >= 0.6 is 11.3 Å². The third-order valence-corrected chi connectivity index (χ3v) is 11.4. The van der Waals surface area contributed by atoms with Crippen LogP contribution in [0.2, 0.25) is 0 Å². The molecule has 0 bridgehead atoms. The number of benzene rings is 7. The molecule has 7 aromatic carbocycles. The Morgan fingerprint density at radius 2 is 1.08 bits per heavy atom. The monoisotopic (exact) mass is 680 g/mol. The fourth-order valence-corrected chi connectivity index (χ4v) is 9.01. The molecule has 0 amide bonds. The van der Waals surface area contributed by atoms with Crippen molar-refractivity contribution in [3.8, 4) is 39.6 Å². The van der Waals surface area contributed by atoms with Crippen LogP contribution in [0.25, 0.3) is 103 Å². The summed E-state index contributed by atoms with van der Waals surface area (Å²) in [4.78, 5) is 16.0. The molecule has 11 rings (SSSR count). The van der Waals surface area contributed by atoms with E-state index in [0.717, 1.165) is 66.5 Å². The van der Waals surface area contributed by atoms with Gasteiger partial charge < -0.3 is 4.57 Å². The van der Waals surface area contributed by atoms with E-state index in [9.17, 15) is 0 Å². The lowest BCUT2D eigenvalue weighted by Gasteiger charge is -2.13. The number of para-hydroxylation sites is 2. The number of thiophene rings is 1. The maximum atomic E-state index is 5.53. The Kier molecular flexibility index (Phi) is 6.39. The van der Waals surface area contributed by atoms with Crippen molar-refractivity contribution >= 4 is 75.1 Å². The summed E-state index contributed by atoms with van der Waals surface area (Å²) in [5.41, 5.74) is 10.3. The van der Waals surface area contributed by atoms with Crippen LogP contribution < -0.4 is 0 Å². The van der Waals surface area contributed by atoms with E-state index in [0.29, 0.717) is 5.82 Å². The van der Waals surface area contributed by atoms with Gasteiger partial charge in [0.25, 0.3) is 0 Å². The fraction of sp³-hybridized carbons (Fsp3) is 0. The smallest absolute Gasteiger partial charge is 0.160 e. The van der Waals surface area contributed by atoms with Gasteiger partial charge in [-0.25, -0.2) is 15.0 Å². The van der Waals surface area contributed by atoms with Crippen LogP contribution in [0.15, 0.2) is 170 Å². The molecule has 0 N–H and O–H groups in total. The molecule has 11 aromatic rings. The second-order valence-corrected chi connectivity index (χ2v) is 14.2. The molecule has 0 aliphatic heterocycles. The van der Waals surface area contributed by atoms with E-state index in [-0.39, 0.29) is 0 Å². The Balaban J connectivity index is 1.17.